The zero-order valence-corrected chi connectivity index (χ0v) is 14.8. The van der Waals surface area contributed by atoms with E-state index in [0.29, 0.717) is 5.56 Å². The molecule has 1 aliphatic rings. The average molecular weight is 362 g/mol. The number of aromatic amines is 1. The second-order valence-corrected chi connectivity index (χ2v) is 7.73. The first-order valence-corrected chi connectivity index (χ1v) is 9.44. The van der Waals surface area contributed by atoms with E-state index in [1.807, 2.05) is 0 Å². The maximum atomic E-state index is 13.0. The summed E-state index contributed by atoms with van der Waals surface area (Å²) in [6, 6.07) is 0. The number of nitrogens with one attached hydrogen (secondary N) is 1. The minimum absolute atomic E-state index is 0.161. The van der Waals surface area contributed by atoms with Gasteiger partial charge in [-0.15, -0.1) is 0 Å². The standard InChI is InChI=1S/C14H23N2O7P/c1-4-21-24(20,22-5-2)11-6-12(23-10(11)8-17)16-7-9(3)13(18)15-14(16)19/h7,10-12,17H,4-6,8H2,1-3H3,(H,15,18,19)/t10-,11+,12-/m0/s1. The minimum atomic E-state index is -3.51. The largest absolute Gasteiger partial charge is 0.394 e. The molecular weight excluding hydrogens is 339 g/mol. The van der Waals surface area contributed by atoms with Gasteiger partial charge in [-0.2, -0.15) is 0 Å². The van der Waals surface area contributed by atoms with Gasteiger partial charge >= 0.3 is 13.3 Å². The molecule has 1 aromatic rings. The number of aliphatic hydroxyl groups is 1. The van der Waals surface area contributed by atoms with E-state index in [0.717, 1.165) is 0 Å². The molecule has 0 aromatic carbocycles. The Bertz CT molecular complexity index is 719. The van der Waals surface area contributed by atoms with Gasteiger partial charge in [-0.25, -0.2) is 4.79 Å². The lowest BCUT2D eigenvalue weighted by Gasteiger charge is -2.25. The molecular formula is C14H23N2O7P. The molecule has 9 nitrogen and oxygen atoms in total. The molecule has 2 rings (SSSR count). The number of hydrogen-bond donors (Lipinski definition) is 2. The molecule has 136 valence electrons. The van der Waals surface area contributed by atoms with Crippen molar-refractivity contribution >= 4 is 7.60 Å². The van der Waals surface area contributed by atoms with E-state index >= 15 is 0 Å². The Hall–Kier alpha value is -1.25. The number of aromatic nitrogens is 2. The summed E-state index contributed by atoms with van der Waals surface area (Å²) in [5.74, 6) is 0. The molecule has 0 radical (unpaired) electrons. The van der Waals surface area contributed by atoms with Gasteiger partial charge in [0.2, 0.25) is 0 Å². The number of hydrogen-bond acceptors (Lipinski definition) is 7. The van der Waals surface area contributed by atoms with Crippen LogP contribution < -0.4 is 11.2 Å². The van der Waals surface area contributed by atoms with Crippen LogP contribution in [0, 0.1) is 6.92 Å². The number of ether oxygens (including phenoxy) is 1. The van der Waals surface area contributed by atoms with E-state index in [1.165, 1.54) is 10.8 Å². The summed E-state index contributed by atoms with van der Waals surface area (Å²) in [6.07, 6.45) is -0.0227. The molecule has 3 atom stereocenters. The lowest BCUT2D eigenvalue weighted by molar-refractivity contribution is -0.0254. The summed E-state index contributed by atoms with van der Waals surface area (Å²) in [7, 11) is -3.51. The van der Waals surface area contributed by atoms with E-state index in [2.05, 4.69) is 4.98 Å². The van der Waals surface area contributed by atoms with Crippen molar-refractivity contribution in [3.05, 3.63) is 32.6 Å². The normalized spacial score (nSPS) is 24.4. The highest BCUT2D eigenvalue weighted by atomic mass is 31.2. The van der Waals surface area contributed by atoms with Crippen LogP contribution in [0.4, 0.5) is 0 Å². The fraction of sp³-hybridized carbons (Fsp3) is 0.714. The SMILES string of the molecule is CCOP(=O)(OCC)[C@@H]1C[C@@H](n2cc(C)c(=O)[nH]c2=O)O[C@H]1CO. The molecule has 0 aliphatic carbocycles. The third-order valence-electron chi connectivity index (χ3n) is 3.86. The number of aliphatic hydroxyl groups excluding tert-OH is 1. The molecule has 2 heterocycles. The molecule has 1 aliphatic heterocycles. The molecule has 0 saturated carbocycles. The van der Waals surface area contributed by atoms with Crippen LogP contribution in [-0.4, -0.2) is 46.2 Å². The van der Waals surface area contributed by atoms with Crippen LogP contribution in [0.25, 0.3) is 0 Å². The third-order valence-corrected chi connectivity index (χ3v) is 6.46. The summed E-state index contributed by atoms with van der Waals surface area (Å²) >= 11 is 0. The van der Waals surface area contributed by atoms with Crippen LogP contribution >= 0.6 is 7.60 Å². The smallest absolute Gasteiger partial charge is 0.336 e. The molecule has 1 aromatic heterocycles. The Morgan fingerprint density at radius 2 is 2.00 bits per heavy atom. The zero-order valence-electron chi connectivity index (χ0n) is 13.9. The number of nitrogens with zero attached hydrogens (tertiary/aromatic N) is 1. The molecule has 10 heteroatoms. The second kappa shape index (κ2) is 7.76. The predicted octanol–water partition coefficient (Wildman–Crippen LogP) is 0.760. The zero-order chi connectivity index (χ0) is 17.9. The Morgan fingerprint density at radius 1 is 1.38 bits per heavy atom. The Morgan fingerprint density at radius 3 is 2.54 bits per heavy atom. The van der Waals surface area contributed by atoms with Crippen molar-refractivity contribution in [2.24, 2.45) is 0 Å². The monoisotopic (exact) mass is 362 g/mol. The van der Waals surface area contributed by atoms with Crippen LogP contribution in [0.2, 0.25) is 0 Å². The van der Waals surface area contributed by atoms with Gasteiger partial charge < -0.3 is 18.9 Å². The van der Waals surface area contributed by atoms with Crippen LogP contribution in [0.1, 0.15) is 32.1 Å². The number of aryl methyl sites for hydroxylation is 1. The van der Waals surface area contributed by atoms with Crippen molar-refractivity contribution < 1.29 is 23.5 Å². The third kappa shape index (κ3) is 3.70. The topological polar surface area (TPSA) is 120 Å². The van der Waals surface area contributed by atoms with Crippen LogP contribution in [0.5, 0.6) is 0 Å². The van der Waals surface area contributed by atoms with E-state index in [1.54, 1.807) is 20.8 Å². The molecule has 0 bridgehead atoms. The van der Waals surface area contributed by atoms with Crippen molar-refractivity contribution in [2.75, 3.05) is 19.8 Å². The van der Waals surface area contributed by atoms with Gasteiger partial charge in [0.15, 0.2) is 0 Å². The summed E-state index contributed by atoms with van der Waals surface area (Å²) in [6.45, 7) is 4.95. The highest BCUT2D eigenvalue weighted by Gasteiger charge is 2.49. The first kappa shape index (κ1) is 19.1. The van der Waals surface area contributed by atoms with Crippen molar-refractivity contribution in [2.45, 2.75) is 45.2 Å². The highest BCUT2D eigenvalue weighted by molar-refractivity contribution is 7.54. The van der Waals surface area contributed by atoms with E-state index < -0.39 is 36.8 Å². The average Bonchev–Trinajstić information content (AvgIpc) is 2.96. The van der Waals surface area contributed by atoms with Gasteiger partial charge in [-0.1, -0.05) is 0 Å². The number of rotatable bonds is 7. The summed E-state index contributed by atoms with van der Waals surface area (Å²) in [5.41, 5.74) is -1.46. The van der Waals surface area contributed by atoms with E-state index in [9.17, 15) is 19.3 Å². The predicted molar refractivity (Wildman–Crippen MR) is 86.3 cm³/mol. The first-order chi connectivity index (χ1) is 11.4. The van der Waals surface area contributed by atoms with Crippen molar-refractivity contribution in [1.29, 1.82) is 0 Å². The Kier molecular flexibility index (Phi) is 6.17. The van der Waals surface area contributed by atoms with Gasteiger partial charge in [-0.3, -0.25) is 18.9 Å². The van der Waals surface area contributed by atoms with E-state index in [4.69, 9.17) is 13.8 Å². The quantitative estimate of drug-likeness (QED) is 0.687. The molecule has 0 amide bonds. The lowest BCUT2D eigenvalue weighted by Crippen LogP contribution is -2.33. The molecule has 1 saturated heterocycles. The minimum Gasteiger partial charge on any atom is -0.394 e. The van der Waals surface area contributed by atoms with Gasteiger partial charge in [-0.05, 0) is 20.8 Å². The molecule has 24 heavy (non-hydrogen) atoms. The lowest BCUT2D eigenvalue weighted by atomic mass is 10.2. The number of H-pyrrole nitrogens is 1. The summed E-state index contributed by atoms with van der Waals surface area (Å²) in [5, 5.41) is 9.57. The van der Waals surface area contributed by atoms with E-state index in [-0.39, 0.29) is 26.2 Å². The fourth-order valence-corrected chi connectivity index (χ4v) is 4.96. The van der Waals surface area contributed by atoms with Crippen molar-refractivity contribution in [3.8, 4) is 0 Å². The summed E-state index contributed by atoms with van der Waals surface area (Å²) < 4.78 is 30.6. The van der Waals surface area contributed by atoms with Crippen LogP contribution in [0.15, 0.2) is 15.8 Å². The van der Waals surface area contributed by atoms with Gasteiger partial charge in [0.1, 0.15) is 6.23 Å². The highest BCUT2D eigenvalue weighted by Crippen LogP contribution is 2.59. The molecule has 1 fully saturated rings. The molecule has 2 N–H and O–H groups in total. The summed E-state index contributed by atoms with van der Waals surface area (Å²) in [4.78, 5) is 25.7. The molecule has 0 unspecified atom stereocenters. The first-order valence-electron chi connectivity index (χ1n) is 7.83. The van der Waals surface area contributed by atoms with Crippen LogP contribution in [-0.2, 0) is 18.3 Å². The van der Waals surface area contributed by atoms with Gasteiger partial charge in [0, 0.05) is 18.2 Å². The van der Waals surface area contributed by atoms with Crippen molar-refractivity contribution in [1.82, 2.24) is 9.55 Å². The maximum Gasteiger partial charge on any atom is 0.336 e. The van der Waals surface area contributed by atoms with Gasteiger partial charge in [0.05, 0.1) is 31.6 Å². The molecule has 0 spiro atoms. The van der Waals surface area contributed by atoms with Gasteiger partial charge in [0.25, 0.3) is 5.56 Å². The van der Waals surface area contributed by atoms with Crippen LogP contribution in [0.3, 0.4) is 0 Å². The maximum absolute atomic E-state index is 13.0. The Balaban J connectivity index is 2.35. The fourth-order valence-electron chi connectivity index (χ4n) is 2.77. The Labute approximate surface area is 139 Å². The van der Waals surface area contributed by atoms with Crippen molar-refractivity contribution in [3.63, 3.8) is 0 Å². The second-order valence-electron chi connectivity index (χ2n) is 5.47.